The van der Waals surface area contributed by atoms with Crippen molar-refractivity contribution >= 4 is 40.9 Å². The van der Waals surface area contributed by atoms with Crippen LogP contribution in [0.15, 0.2) is 34.1 Å². The predicted octanol–water partition coefficient (Wildman–Crippen LogP) is 3.08. The van der Waals surface area contributed by atoms with Crippen molar-refractivity contribution in [3.63, 3.8) is 0 Å². The van der Waals surface area contributed by atoms with Gasteiger partial charge in [-0.15, -0.1) is 11.8 Å². The lowest BCUT2D eigenvalue weighted by Gasteiger charge is -2.43. The predicted molar refractivity (Wildman–Crippen MR) is 123 cm³/mol. The molecule has 3 heterocycles. The number of hydrogen-bond acceptors (Lipinski definition) is 6. The van der Waals surface area contributed by atoms with Crippen LogP contribution in [-0.4, -0.2) is 44.6 Å². The number of benzene rings is 1. The number of fused-ring (bicyclic) bond motifs is 9. The summed E-state index contributed by atoms with van der Waals surface area (Å²) in [5, 5.41) is 10.0. The lowest BCUT2D eigenvalue weighted by molar-refractivity contribution is -0.142. The molecular weight excluding hydrogens is 460 g/mol. The Bertz CT molecular complexity index is 1240. The molecule has 172 valence electrons. The first kappa shape index (κ1) is 21.2. The van der Waals surface area contributed by atoms with Gasteiger partial charge in [0, 0.05) is 29.0 Å². The number of nitrogens with one attached hydrogen (secondary N) is 1. The highest BCUT2D eigenvalue weighted by molar-refractivity contribution is 8.00. The van der Waals surface area contributed by atoms with Crippen LogP contribution in [0.4, 0.5) is 0 Å². The standard InChI is InChI=1S/C24H24N2O5S2/c1-10-5-2-3-6-11(10)15-16-12-9-13(19(16)32-21-20(15)33-24(31)25-21)18-17(12)22(29)26(23(18)30)8-4-7-14(27)28/h2-3,5-6,12-13,15-19H,4,7-9H2,1H3,(H,25,31)(H,27,28)/t12-,13+,15+,16-,17+,18+,19-/m1/s1. The van der Waals surface area contributed by atoms with Gasteiger partial charge in [0.05, 0.1) is 16.9 Å². The fourth-order valence-electron chi connectivity index (χ4n) is 6.97. The first-order chi connectivity index (χ1) is 15.9. The van der Waals surface area contributed by atoms with E-state index in [2.05, 4.69) is 24.0 Å². The summed E-state index contributed by atoms with van der Waals surface area (Å²) in [4.78, 5) is 55.2. The zero-order valence-corrected chi connectivity index (χ0v) is 19.7. The third-order valence-corrected chi connectivity index (χ3v) is 10.7. The number of carboxylic acid groups (broad SMARTS) is 1. The maximum atomic E-state index is 13.4. The molecule has 2 saturated carbocycles. The van der Waals surface area contributed by atoms with Crippen molar-refractivity contribution < 1.29 is 19.5 Å². The van der Waals surface area contributed by atoms with Crippen molar-refractivity contribution in [3.8, 4) is 0 Å². The quantitative estimate of drug-likeness (QED) is 0.632. The molecular formula is C24H24N2O5S2. The molecule has 2 aromatic rings. The van der Waals surface area contributed by atoms with Crippen LogP contribution in [0.3, 0.4) is 0 Å². The Balaban J connectivity index is 1.39. The van der Waals surface area contributed by atoms with E-state index < -0.39 is 5.97 Å². The highest BCUT2D eigenvalue weighted by Crippen LogP contribution is 2.68. The summed E-state index contributed by atoms with van der Waals surface area (Å²) in [6, 6.07) is 8.26. The lowest BCUT2D eigenvalue weighted by Crippen LogP contribution is -2.42. The minimum absolute atomic E-state index is 0.0383. The van der Waals surface area contributed by atoms with Gasteiger partial charge in [-0.2, -0.15) is 0 Å². The van der Waals surface area contributed by atoms with E-state index in [4.69, 9.17) is 5.11 Å². The number of nitrogens with zero attached hydrogens (tertiary/aromatic N) is 1. The van der Waals surface area contributed by atoms with Crippen molar-refractivity contribution in [1.29, 1.82) is 0 Å². The molecule has 7 atom stereocenters. The molecule has 2 N–H and O–H groups in total. The van der Waals surface area contributed by atoms with E-state index in [-0.39, 0.29) is 76.8 Å². The molecule has 6 rings (SSSR count). The number of aryl methyl sites for hydroxylation is 1. The number of amides is 2. The molecule has 1 aromatic carbocycles. The van der Waals surface area contributed by atoms with Crippen LogP contribution in [0.2, 0.25) is 0 Å². The normalized spacial score (nSPS) is 33.8. The number of hydrogen-bond donors (Lipinski definition) is 2. The first-order valence-electron chi connectivity index (χ1n) is 11.4. The van der Waals surface area contributed by atoms with Gasteiger partial charge in [-0.05, 0) is 48.6 Å². The third-order valence-electron chi connectivity index (χ3n) is 8.11. The SMILES string of the molecule is Cc1ccccc1[C@@H]1c2sc(=O)[nH]c2S[C@@H]2[C@H]3C[C@@H]([C@@H]4C(=O)N(CCCC(=O)O)C(=O)[C@@H]34)[C@H]12. The van der Waals surface area contributed by atoms with Gasteiger partial charge in [0.25, 0.3) is 0 Å². The molecule has 2 aliphatic carbocycles. The highest BCUT2D eigenvalue weighted by Gasteiger charge is 2.69. The summed E-state index contributed by atoms with van der Waals surface area (Å²) in [5.74, 6) is -1.39. The average molecular weight is 485 g/mol. The maximum Gasteiger partial charge on any atom is 0.305 e. The van der Waals surface area contributed by atoms with E-state index in [1.807, 2.05) is 12.1 Å². The van der Waals surface area contributed by atoms with Crippen LogP contribution in [0, 0.1) is 36.5 Å². The van der Waals surface area contributed by atoms with Crippen LogP contribution >= 0.6 is 23.1 Å². The van der Waals surface area contributed by atoms with E-state index >= 15 is 0 Å². The second-order valence-corrected chi connectivity index (χ2v) is 11.8. The maximum absolute atomic E-state index is 13.4. The number of carbonyl (C=O) groups is 3. The molecule has 3 fully saturated rings. The smallest absolute Gasteiger partial charge is 0.305 e. The van der Waals surface area contributed by atoms with Crippen molar-refractivity contribution in [3.05, 3.63) is 49.9 Å². The summed E-state index contributed by atoms with van der Waals surface area (Å²) < 4.78 is 0. The molecule has 2 bridgehead atoms. The van der Waals surface area contributed by atoms with Crippen LogP contribution in [0.25, 0.3) is 0 Å². The second kappa shape index (κ2) is 7.56. The monoisotopic (exact) mass is 484 g/mol. The number of imide groups is 1. The summed E-state index contributed by atoms with van der Waals surface area (Å²) >= 11 is 2.96. The third kappa shape index (κ3) is 3.01. The van der Waals surface area contributed by atoms with Crippen LogP contribution in [0.1, 0.15) is 41.2 Å². The van der Waals surface area contributed by atoms with Crippen LogP contribution in [0.5, 0.6) is 0 Å². The summed E-state index contributed by atoms with van der Waals surface area (Å²) in [6.45, 7) is 2.27. The fraction of sp³-hybridized carbons (Fsp3) is 0.500. The Morgan fingerprint density at radius 3 is 2.61 bits per heavy atom. The van der Waals surface area contributed by atoms with Gasteiger partial charge >= 0.3 is 10.8 Å². The number of thiazole rings is 1. The number of carboxylic acids is 1. The Labute approximate surface area is 198 Å². The van der Waals surface area contributed by atoms with Crippen molar-refractivity contribution in [2.75, 3.05) is 6.54 Å². The van der Waals surface area contributed by atoms with Crippen LogP contribution in [-0.2, 0) is 14.4 Å². The molecule has 9 heteroatoms. The molecule has 0 spiro atoms. The molecule has 4 aliphatic rings. The zero-order valence-electron chi connectivity index (χ0n) is 18.0. The number of aromatic nitrogens is 1. The number of carbonyl (C=O) groups excluding carboxylic acids is 2. The fourth-order valence-corrected chi connectivity index (χ4v) is 9.85. The largest absolute Gasteiger partial charge is 0.481 e. The molecule has 0 unspecified atom stereocenters. The second-order valence-electron chi connectivity index (χ2n) is 9.64. The number of aromatic amines is 1. The van der Waals surface area contributed by atoms with Crippen molar-refractivity contribution in [2.24, 2.45) is 29.6 Å². The van der Waals surface area contributed by atoms with Crippen molar-refractivity contribution in [2.45, 2.75) is 42.4 Å². The van der Waals surface area contributed by atoms with E-state index in [0.29, 0.717) is 0 Å². The Morgan fingerprint density at radius 2 is 1.88 bits per heavy atom. The molecule has 7 nitrogen and oxygen atoms in total. The molecule has 1 aromatic heterocycles. The molecule has 33 heavy (non-hydrogen) atoms. The minimum Gasteiger partial charge on any atom is -0.481 e. The Kier molecular flexibility index (Phi) is 4.85. The summed E-state index contributed by atoms with van der Waals surface area (Å²) in [6.07, 6.45) is 1.09. The van der Waals surface area contributed by atoms with Gasteiger partial charge in [-0.25, -0.2) is 0 Å². The number of likely N-dealkylation sites (tertiary alicyclic amines) is 1. The minimum atomic E-state index is -0.919. The first-order valence-corrected chi connectivity index (χ1v) is 13.1. The number of H-pyrrole nitrogens is 1. The summed E-state index contributed by atoms with van der Waals surface area (Å²) in [5.41, 5.74) is 2.37. The summed E-state index contributed by atoms with van der Waals surface area (Å²) in [7, 11) is 0. The van der Waals surface area contributed by atoms with Gasteiger partial charge in [0.1, 0.15) is 0 Å². The molecule has 0 radical (unpaired) electrons. The molecule has 1 saturated heterocycles. The Hall–Kier alpha value is -2.39. The number of thioether (sulfide) groups is 1. The van der Waals surface area contributed by atoms with E-state index in [0.717, 1.165) is 16.3 Å². The number of rotatable bonds is 5. The van der Waals surface area contributed by atoms with Crippen LogP contribution < -0.4 is 4.87 Å². The van der Waals surface area contributed by atoms with E-state index in [1.165, 1.54) is 27.4 Å². The zero-order chi connectivity index (χ0) is 23.0. The molecule has 2 aliphatic heterocycles. The van der Waals surface area contributed by atoms with Gasteiger partial charge in [0.2, 0.25) is 11.8 Å². The van der Waals surface area contributed by atoms with Gasteiger partial charge in [-0.1, -0.05) is 35.6 Å². The van der Waals surface area contributed by atoms with Gasteiger partial charge < -0.3 is 10.1 Å². The van der Waals surface area contributed by atoms with E-state index in [1.54, 1.807) is 11.8 Å². The topological polar surface area (TPSA) is 108 Å². The van der Waals surface area contributed by atoms with Gasteiger partial charge in [-0.3, -0.25) is 24.1 Å². The van der Waals surface area contributed by atoms with Crippen molar-refractivity contribution in [1.82, 2.24) is 9.88 Å². The Morgan fingerprint density at radius 1 is 1.15 bits per heavy atom. The lowest BCUT2D eigenvalue weighted by atomic mass is 9.67. The van der Waals surface area contributed by atoms with Gasteiger partial charge in [0.15, 0.2) is 0 Å². The van der Waals surface area contributed by atoms with E-state index in [9.17, 15) is 19.2 Å². The number of aliphatic carboxylic acids is 1. The highest BCUT2D eigenvalue weighted by atomic mass is 32.2. The average Bonchev–Trinajstić information content (AvgIpc) is 3.49. The molecule has 2 amide bonds.